The molecule has 7 heteroatoms. The van der Waals surface area contributed by atoms with Gasteiger partial charge in [0.25, 0.3) is 5.91 Å². The molecule has 0 fully saturated rings. The van der Waals surface area contributed by atoms with Crippen molar-refractivity contribution in [2.45, 2.75) is 26.2 Å². The molecule has 1 aromatic rings. The highest BCUT2D eigenvalue weighted by atomic mass is 32.1. The lowest BCUT2D eigenvalue weighted by Crippen LogP contribution is -2.35. The Balaban J connectivity index is 3.01. The van der Waals surface area contributed by atoms with Gasteiger partial charge in [-0.1, -0.05) is 25.3 Å². The number of urea groups is 1. The highest BCUT2D eigenvalue weighted by Gasteiger charge is 2.26. The Labute approximate surface area is 91.0 Å². The zero-order valence-corrected chi connectivity index (χ0v) is 9.51. The standard InChI is InChI=1S/C8H12N4O2S/c1-8(2,3)5-4(15-12-11-5)6(13)10-7(9)14/h1-3H3,(H3,9,10,13,14). The quantitative estimate of drug-likeness (QED) is 0.737. The first-order valence-corrected chi connectivity index (χ1v) is 5.03. The second-order valence-electron chi connectivity index (χ2n) is 4.02. The fourth-order valence-corrected chi connectivity index (χ4v) is 1.77. The van der Waals surface area contributed by atoms with E-state index in [2.05, 4.69) is 9.59 Å². The molecule has 3 amide bonds. The van der Waals surface area contributed by atoms with Crippen LogP contribution in [0.2, 0.25) is 0 Å². The molecule has 1 rings (SSSR count). The fraction of sp³-hybridized carbons (Fsp3) is 0.500. The lowest BCUT2D eigenvalue weighted by Gasteiger charge is -2.15. The summed E-state index contributed by atoms with van der Waals surface area (Å²) >= 11 is 0.946. The number of hydrogen-bond donors (Lipinski definition) is 2. The van der Waals surface area contributed by atoms with Gasteiger partial charge in [0.2, 0.25) is 0 Å². The third-order valence-electron chi connectivity index (χ3n) is 1.64. The first-order chi connectivity index (χ1) is 6.82. The van der Waals surface area contributed by atoms with Gasteiger partial charge in [0.05, 0.1) is 5.69 Å². The predicted molar refractivity (Wildman–Crippen MR) is 55.7 cm³/mol. The average Bonchev–Trinajstić information content (AvgIpc) is 2.48. The summed E-state index contributed by atoms with van der Waals surface area (Å²) in [5.74, 6) is -0.553. The Hall–Kier alpha value is -1.50. The van der Waals surface area contributed by atoms with Crippen LogP contribution in [0.5, 0.6) is 0 Å². The molecule has 6 nitrogen and oxygen atoms in total. The summed E-state index contributed by atoms with van der Waals surface area (Å²) in [6.07, 6.45) is 0. The van der Waals surface area contributed by atoms with Crippen molar-refractivity contribution in [1.29, 1.82) is 0 Å². The number of imide groups is 1. The molecule has 3 N–H and O–H groups in total. The summed E-state index contributed by atoms with van der Waals surface area (Å²) in [6, 6.07) is -0.881. The third-order valence-corrected chi connectivity index (χ3v) is 2.37. The lowest BCUT2D eigenvalue weighted by atomic mass is 9.91. The van der Waals surface area contributed by atoms with Crippen molar-refractivity contribution in [2.75, 3.05) is 0 Å². The average molecular weight is 228 g/mol. The molecule has 0 aromatic carbocycles. The van der Waals surface area contributed by atoms with Crippen LogP contribution in [0.4, 0.5) is 4.79 Å². The van der Waals surface area contributed by atoms with Crippen molar-refractivity contribution in [3.05, 3.63) is 10.6 Å². The molecule has 0 saturated heterocycles. The summed E-state index contributed by atoms with van der Waals surface area (Å²) in [5, 5.41) is 5.86. The van der Waals surface area contributed by atoms with Crippen LogP contribution >= 0.6 is 11.5 Å². The predicted octanol–water partition coefficient (Wildman–Crippen LogP) is 0.644. The number of amides is 3. The van der Waals surface area contributed by atoms with Crippen LogP contribution < -0.4 is 11.1 Å². The maximum Gasteiger partial charge on any atom is 0.319 e. The van der Waals surface area contributed by atoms with Gasteiger partial charge in [-0.15, -0.1) is 5.10 Å². The number of nitrogens with one attached hydrogen (secondary N) is 1. The Morgan fingerprint density at radius 1 is 1.40 bits per heavy atom. The van der Waals surface area contributed by atoms with E-state index in [0.29, 0.717) is 10.6 Å². The summed E-state index contributed by atoms with van der Waals surface area (Å²) in [6.45, 7) is 5.72. The highest BCUT2D eigenvalue weighted by molar-refractivity contribution is 7.08. The molecule has 15 heavy (non-hydrogen) atoms. The third kappa shape index (κ3) is 2.72. The van der Waals surface area contributed by atoms with Crippen molar-refractivity contribution >= 4 is 23.5 Å². The number of carbonyl (C=O) groups excluding carboxylic acids is 2. The van der Waals surface area contributed by atoms with Gasteiger partial charge < -0.3 is 5.73 Å². The second kappa shape index (κ2) is 3.93. The molecule has 1 heterocycles. The van der Waals surface area contributed by atoms with Crippen molar-refractivity contribution < 1.29 is 9.59 Å². The van der Waals surface area contributed by atoms with Crippen LogP contribution in [0.25, 0.3) is 0 Å². The molecule has 0 bridgehead atoms. The van der Waals surface area contributed by atoms with Gasteiger partial charge in [0.1, 0.15) is 4.88 Å². The van der Waals surface area contributed by atoms with E-state index >= 15 is 0 Å². The Kier molecular flexibility index (Phi) is 3.04. The highest BCUT2D eigenvalue weighted by Crippen LogP contribution is 2.25. The SMILES string of the molecule is CC(C)(C)c1nnsc1C(=O)NC(N)=O. The zero-order valence-electron chi connectivity index (χ0n) is 8.70. The van der Waals surface area contributed by atoms with E-state index in [1.807, 2.05) is 26.1 Å². The van der Waals surface area contributed by atoms with Crippen LogP contribution in [-0.4, -0.2) is 21.5 Å². The molecule has 0 radical (unpaired) electrons. The van der Waals surface area contributed by atoms with Gasteiger partial charge in [0.15, 0.2) is 0 Å². The van der Waals surface area contributed by atoms with E-state index in [0.717, 1.165) is 11.5 Å². The van der Waals surface area contributed by atoms with Gasteiger partial charge in [-0.2, -0.15) is 0 Å². The van der Waals surface area contributed by atoms with Crippen molar-refractivity contribution in [1.82, 2.24) is 14.9 Å². The maximum absolute atomic E-state index is 11.5. The van der Waals surface area contributed by atoms with E-state index in [9.17, 15) is 9.59 Å². The Morgan fingerprint density at radius 2 is 2.00 bits per heavy atom. The second-order valence-corrected chi connectivity index (χ2v) is 4.77. The molecule has 0 aliphatic heterocycles. The van der Waals surface area contributed by atoms with Crippen molar-refractivity contribution in [3.8, 4) is 0 Å². The van der Waals surface area contributed by atoms with E-state index < -0.39 is 11.9 Å². The van der Waals surface area contributed by atoms with Gasteiger partial charge >= 0.3 is 6.03 Å². The summed E-state index contributed by atoms with van der Waals surface area (Å²) in [5.41, 5.74) is 5.12. The Morgan fingerprint density at radius 3 is 2.47 bits per heavy atom. The zero-order chi connectivity index (χ0) is 11.6. The number of carbonyl (C=O) groups is 2. The summed E-state index contributed by atoms with van der Waals surface area (Å²) in [4.78, 5) is 22.3. The smallest absolute Gasteiger partial charge is 0.319 e. The number of nitrogens with zero attached hydrogens (tertiary/aromatic N) is 2. The maximum atomic E-state index is 11.5. The fourth-order valence-electron chi connectivity index (χ4n) is 0.999. The molecule has 0 atom stereocenters. The van der Waals surface area contributed by atoms with E-state index in [1.165, 1.54) is 0 Å². The normalized spacial score (nSPS) is 11.1. The molecule has 1 aromatic heterocycles. The number of nitrogens with two attached hydrogens (primary N) is 1. The summed E-state index contributed by atoms with van der Waals surface area (Å²) < 4.78 is 3.70. The van der Waals surface area contributed by atoms with E-state index in [-0.39, 0.29) is 5.41 Å². The van der Waals surface area contributed by atoms with E-state index in [1.54, 1.807) is 0 Å². The lowest BCUT2D eigenvalue weighted by molar-refractivity contribution is 0.0968. The summed E-state index contributed by atoms with van der Waals surface area (Å²) in [7, 11) is 0. The van der Waals surface area contributed by atoms with Crippen LogP contribution in [0.3, 0.4) is 0 Å². The van der Waals surface area contributed by atoms with Crippen LogP contribution in [-0.2, 0) is 5.41 Å². The first kappa shape index (κ1) is 11.6. The van der Waals surface area contributed by atoms with E-state index in [4.69, 9.17) is 5.73 Å². The Bertz CT molecular complexity index is 394. The van der Waals surface area contributed by atoms with Gasteiger partial charge in [0, 0.05) is 5.41 Å². The monoisotopic (exact) mass is 228 g/mol. The first-order valence-electron chi connectivity index (χ1n) is 4.26. The number of hydrogen-bond acceptors (Lipinski definition) is 5. The van der Waals surface area contributed by atoms with Gasteiger partial charge in [-0.3, -0.25) is 10.1 Å². The molecular weight excluding hydrogens is 216 g/mol. The van der Waals surface area contributed by atoms with Crippen LogP contribution in [0, 0.1) is 0 Å². The number of rotatable bonds is 1. The topological polar surface area (TPSA) is 98.0 Å². The van der Waals surface area contributed by atoms with Crippen LogP contribution in [0.1, 0.15) is 36.1 Å². The van der Waals surface area contributed by atoms with Crippen molar-refractivity contribution in [2.24, 2.45) is 5.73 Å². The molecule has 0 spiro atoms. The molecule has 0 unspecified atom stereocenters. The van der Waals surface area contributed by atoms with Gasteiger partial charge in [-0.05, 0) is 11.5 Å². The van der Waals surface area contributed by atoms with Crippen molar-refractivity contribution in [3.63, 3.8) is 0 Å². The number of primary amides is 1. The molecule has 0 aliphatic rings. The largest absolute Gasteiger partial charge is 0.351 e. The molecule has 0 saturated carbocycles. The molecule has 82 valence electrons. The minimum atomic E-state index is -0.881. The minimum Gasteiger partial charge on any atom is -0.351 e. The van der Waals surface area contributed by atoms with Gasteiger partial charge in [-0.25, -0.2) is 4.79 Å². The van der Waals surface area contributed by atoms with Crippen LogP contribution in [0.15, 0.2) is 0 Å². The molecule has 0 aliphatic carbocycles. The number of aromatic nitrogens is 2. The molecular formula is C8H12N4O2S. The minimum absolute atomic E-state index is 0.294.